The van der Waals surface area contributed by atoms with Gasteiger partial charge in [0.2, 0.25) is 0 Å². The Kier molecular flexibility index (Phi) is 5.40. The molecule has 198 valence electrons. The zero-order valence-corrected chi connectivity index (χ0v) is 20.2. The maximum absolute atomic E-state index is 12.9. The summed E-state index contributed by atoms with van der Waals surface area (Å²) < 4.78 is 11.7. The molecule has 0 amide bonds. The van der Waals surface area contributed by atoms with Crippen molar-refractivity contribution < 1.29 is 39.5 Å². The first-order chi connectivity index (χ1) is 19.1. The van der Waals surface area contributed by atoms with Gasteiger partial charge in [-0.1, -0.05) is 30.3 Å². The van der Waals surface area contributed by atoms with Crippen molar-refractivity contribution in [2.45, 2.75) is 0 Å². The van der Waals surface area contributed by atoms with Crippen LogP contribution in [-0.2, 0) is 0 Å². The predicted octanol–water partition coefficient (Wildman–Crippen LogP) is 5.13. The van der Waals surface area contributed by atoms with E-state index in [0.717, 1.165) is 24.3 Å². The molecule has 6 N–H and O–H groups in total. The van der Waals surface area contributed by atoms with E-state index in [1.807, 2.05) is 0 Å². The lowest BCUT2D eigenvalue weighted by Gasteiger charge is -2.16. The van der Waals surface area contributed by atoms with Crippen molar-refractivity contribution in [2.75, 3.05) is 0 Å². The minimum atomic E-state index is -0.829. The monoisotopic (exact) mass is 538 g/mol. The van der Waals surface area contributed by atoms with Gasteiger partial charge >= 0.3 is 0 Å². The maximum Gasteiger partial charge on any atom is 0.197 e. The summed E-state index contributed by atoms with van der Waals surface area (Å²) in [6.07, 6.45) is 0. The van der Waals surface area contributed by atoms with Gasteiger partial charge in [-0.2, -0.15) is 0 Å². The molecule has 10 nitrogen and oxygen atoms in total. The number of benzene rings is 4. The van der Waals surface area contributed by atoms with Gasteiger partial charge in [0.25, 0.3) is 0 Å². The third kappa shape index (κ3) is 3.74. The van der Waals surface area contributed by atoms with Crippen LogP contribution in [-0.4, -0.2) is 30.6 Å². The summed E-state index contributed by atoms with van der Waals surface area (Å²) in [5, 5.41) is 62.5. The van der Waals surface area contributed by atoms with Gasteiger partial charge in [0.05, 0.1) is 0 Å². The highest BCUT2D eigenvalue weighted by molar-refractivity contribution is 5.99. The third-order valence-corrected chi connectivity index (χ3v) is 6.51. The third-order valence-electron chi connectivity index (χ3n) is 6.51. The van der Waals surface area contributed by atoms with E-state index < -0.39 is 39.6 Å². The van der Waals surface area contributed by atoms with Crippen LogP contribution in [0.15, 0.2) is 91.2 Å². The van der Waals surface area contributed by atoms with E-state index in [1.165, 1.54) is 18.2 Å². The first-order valence-corrected chi connectivity index (χ1v) is 11.8. The van der Waals surface area contributed by atoms with E-state index in [1.54, 1.807) is 30.3 Å². The Morgan fingerprint density at radius 2 is 1.18 bits per heavy atom. The number of aromatic hydroxyl groups is 6. The first kappa shape index (κ1) is 24.4. The molecule has 0 spiro atoms. The molecular weight excluding hydrogens is 520 g/mol. The van der Waals surface area contributed by atoms with Gasteiger partial charge in [0.15, 0.2) is 33.9 Å². The van der Waals surface area contributed by atoms with Gasteiger partial charge in [-0.15, -0.1) is 0 Å². The molecule has 40 heavy (non-hydrogen) atoms. The minimum absolute atomic E-state index is 0.0206. The molecule has 0 aliphatic rings. The Labute approximate surface area is 223 Å². The molecular formula is C30H18O10. The number of phenols is 6. The highest BCUT2D eigenvalue weighted by atomic mass is 16.3. The van der Waals surface area contributed by atoms with Crippen molar-refractivity contribution in [1.29, 1.82) is 0 Å². The van der Waals surface area contributed by atoms with Crippen LogP contribution in [0.4, 0.5) is 0 Å². The van der Waals surface area contributed by atoms with Gasteiger partial charge in [-0.3, -0.25) is 9.59 Å². The Morgan fingerprint density at radius 3 is 1.93 bits per heavy atom. The number of hydrogen-bond acceptors (Lipinski definition) is 10. The second kappa shape index (κ2) is 8.84. The van der Waals surface area contributed by atoms with Crippen molar-refractivity contribution >= 4 is 21.9 Å². The molecule has 6 aromatic rings. The lowest BCUT2D eigenvalue weighted by molar-refractivity contribution is 0.401. The minimum Gasteiger partial charge on any atom is -0.508 e. The van der Waals surface area contributed by atoms with Crippen LogP contribution in [0.3, 0.4) is 0 Å². The number of phenolic OH excluding ortho intramolecular Hbond substituents is 6. The fourth-order valence-electron chi connectivity index (χ4n) is 4.67. The van der Waals surface area contributed by atoms with Gasteiger partial charge < -0.3 is 39.5 Å². The fraction of sp³-hybridized carbons (Fsp3) is 0. The van der Waals surface area contributed by atoms with E-state index in [2.05, 4.69) is 0 Å². The van der Waals surface area contributed by atoms with Crippen LogP contribution in [0.5, 0.6) is 34.5 Å². The summed E-state index contributed by atoms with van der Waals surface area (Å²) in [5.41, 5.74) is -1.62. The molecule has 0 atom stereocenters. The molecule has 4 aromatic carbocycles. The van der Waals surface area contributed by atoms with E-state index in [9.17, 15) is 40.2 Å². The number of hydrogen-bond donors (Lipinski definition) is 6. The van der Waals surface area contributed by atoms with Crippen molar-refractivity contribution in [3.8, 4) is 68.3 Å². The Morgan fingerprint density at radius 1 is 0.525 bits per heavy atom. The Balaban J connectivity index is 1.67. The summed E-state index contributed by atoms with van der Waals surface area (Å²) >= 11 is 0. The molecule has 2 aromatic heterocycles. The topological polar surface area (TPSA) is 182 Å². The van der Waals surface area contributed by atoms with Gasteiger partial charge in [-0.25, -0.2) is 0 Å². The van der Waals surface area contributed by atoms with E-state index in [4.69, 9.17) is 8.83 Å². The highest BCUT2D eigenvalue weighted by Gasteiger charge is 2.26. The quantitative estimate of drug-likeness (QED) is 0.165. The van der Waals surface area contributed by atoms with Crippen LogP contribution < -0.4 is 10.9 Å². The molecule has 0 fully saturated rings. The van der Waals surface area contributed by atoms with Crippen molar-refractivity contribution in [2.24, 2.45) is 0 Å². The van der Waals surface area contributed by atoms with Crippen LogP contribution in [0, 0.1) is 0 Å². The average Bonchev–Trinajstić information content (AvgIpc) is 2.91. The SMILES string of the molecule is O=c1cc(-c2ccc(O)c(O)c2-c2cc3oc(-c4ccccc4)cc(=O)c3c(O)c2O)oc2cc(O)cc(O)c12. The van der Waals surface area contributed by atoms with Crippen LogP contribution in [0.25, 0.3) is 55.7 Å². The molecule has 2 heterocycles. The largest absolute Gasteiger partial charge is 0.508 e. The standard InChI is InChI=1S/C30H18O10/c31-14-8-18(33)26-19(34)12-22(40-23(26)9-14)15-6-7-17(32)29(37)25(15)16-10-24-27(30(38)28(16)36)20(35)11-21(39-24)13-4-2-1-3-5-13/h1-12,31-33,36-38H. The molecule has 10 heteroatoms. The molecule has 0 saturated heterocycles. The molecule has 0 bridgehead atoms. The first-order valence-electron chi connectivity index (χ1n) is 11.8. The van der Waals surface area contributed by atoms with Crippen molar-refractivity contribution in [3.63, 3.8) is 0 Å². The number of rotatable bonds is 3. The van der Waals surface area contributed by atoms with E-state index in [-0.39, 0.29) is 55.9 Å². The zero-order chi connectivity index (χ0) is 28.3. The summed E-state index contributed by atoms with van der Waals surface area (Å²) in [5.74, 6) is -3.87. The molecule has 0 radical (unpaired) electrons. The molecule has 0 aliphatic heterocycles. The zero-order valence-electron chi connectivity index (χ0n) is 20.2. The smallest absolute Gasteiger partial charge is 0.197 e. The van der Waals surface area contributed by atoms with Crippen LogP contribution in [0.1, 0.15) is 0 Å². The second-order valence-electron chi connectivity index (χ2n) is 9.00. The summed E-state index contributed by atoms with van der Waals surface area (Å²) in [4.78, 5) is 25.8. The van der Waals surface area contributed by atoms with E-state index in [0.29, 0.717) is 5.56 Å². The van der Waals surface area contributed by atoms with Gasteiger partial charge in [0, 0.05) is 46.5 Å². The van der Waals surface area contributed by atoms with Crippen LogP contribution in [0.2, 0.25) is 0 Å². The number of fused-ring (bicyclic) bond motifs is 2. The van der Waals surface area contributed by atoms with Gasteiger partial charge in [0.1, 0.15) is 45.0 Å². The van der Waals surface area contributed by atoms with E-state index >= 15 is 0 Å². The maximum atomic E-state index is 12.9. The molecule has 6 rings (SSSR count). The summed E-state index contributed by atoms with van der Waals surface area (Å²) in [6, 6.07) is 16.6. The van der Waals surface area contributed by atoms with Crippen molar-refractivity contribution in [1.82, 2.24) is 0 Å². The summed E-state index contributed by atoms with van der Waals surface area (Å²) in [6.45, 7) is 0. The Hall–Kier alpha value is -5.90. The second-order valence-corrected chi connectivity index (χ2v) is 9.00. The molecule has 0 unspecified atom stereocenters. The Bertz CT molecular complexity index is 2110. The van der Waals surface area contributed by atoms with Crippen molar-refractivity contribution in [3.05, 3.63) is 93.2 Å². The predicted molar refractivity (Wildman–Crippen MR) is 145 cm³/mol. The normalized spacial score (nSPS) is 11.3. The summed E-state index contributed by atoms with van der Waals surface area (Å²) in [7, 11) is 0. The molecule has 0 saturated carbocycles. The lowest BCUT2D eigenvalue weighted by Crippen LogP contribution is -2.02. The lowest BCUT2D eigenvalue weighted by atomic mass is 9.94. The average molecular weight is 538 g/mol. The fourth-order valence-corrected chi connectivity index (χ4v) is 4.67. The highest BCUT2D eigenvalue weighted by Crippen LogP contribution is 2.50. The molecule has 0 aliphatic carbocycles. The van der Waals surface area contributed by atoms with Gasteiger partial charge in [-0.05, 0) is 18.2 Å². The van der Waals surface area contributed by atoms with Crippen LogP contribution >= 0.6 is 0 Å².